The van der Waals surface area contributed by atoms with Crippen molar-refractivity contribution in [1.29, 1.82) is 0 Å². The van der Waals surface area contributed by atoms with E-state index in [4.69, 9.17) is 25.5 Å². The molecule has 1 rings (SSSR count). The third-order valence-corrected chi connectivity index (χ3v) is 2.05. The summed E-state index contributed by atoms with van der Waals surface area (Å²) in [6, 6.07) is 0. The van der Waals surface area contributed by atoms with Crippen LogP contribution in [0, 0.1) is 0 Å². The molecule has 6 heteroatoms. The highest BCUT2D eigenvalue weighted by atomic mass is 18.2. The van der Waals surface area contributed by atoms with E-state index in [-0.39, 0.29) is 0 Å². The van der Waals surface area contributed by atoms with Crippen molar-refractivity contribution in [2.45, 2.75) is 36.7 Å². The first-order valence-corrected chi connectivity index (χ1v) is 3.51. The van der Waals surface area contributed by atoms with Crippen LogP contribution >= 0.6 is 0 Å². The van der Waals surface area contributed by atoms with Gasteiger partial charge in [-0.15, -0.1) is 0 Å². The van der Waals surface area contributed by atoms with E-state index in [0.29, 0.717) is 0 Å². The molecule has 12 heavy (non-hydrogen) atoms. The molecule has 5 nitrogen and oxygen atoms in total. The molecule has 1 aliphatic rings. The fourth-order valence-electron chi connectivity index (χ4n) is 1.18. The molecule has 1 fully saturated rings. The van der Waals surface area contributed by atoms with Crippen molar-refractivity contribution in [2.75, 3.05) is 0 Å². The lowest BCUT2D eigenvalue weighted by Crippen LogP contribution is -2.62. The summed E-state index contributed by atoms with van der Waals surface area (Å²) in [5.74, 6) is 0. The van der Waals surface area contributed by atoms with Gasteiger partial charge in [0.15, 0.2) is 6.17 Å². The van der Waals surface area contributed by atoms with E-state index in [1.807, 2.05) is 0 Å². The average Bonchev–Trinajstić information content (AvgIpc) is 2.08. The van der Waals surface area contributed by atoms with Gasteiger partial charge in [-0.05, 0) is 0 Å². The Balaban J connectivity index is 2.76. The number of hydrogen-bond acceptors (Lipinski definition) is 5. The zero-order valence-electron chi connectivity index (χ0n) is 6.08. The van der Waals surface area contributed by atoms with Crippen LogP contribution in [0.3, 0.4) is 0 Å². The molecular weight excluding hydrogens is 170 g/mol. The van der Waals surface area contributed by atoms with Crippen molar-refractivity contribution in [2.24, 2.45) is 0 Å². The van der Waals surface area contributed by atoms with Gasteiger partial charge in [0.25, 0.3) is 0 Å². The molecule has 0 amide bonds. The van der Waals surface area contributed by atoms with Gasteiger partial charge in [-0.2, -0.15) is 0 Å². The quantitative estimate of drug-likeness (QED) is 0.277. The number of rotatable bonds is 0. The van der Waals surface area contributed by atoms with Crippen LogP contribution in [0.5, 0.6) is 0 Å². The standard InChI is InChI=1S/C6H11FO5/c7-1-2(8)4(10)6(12)5(11)3(1)9/h1-6,8-12H/t1?,2-,3?,4?,5?,6?/m1/s1/i7-1. The minimum Gasteiger partial charge on any atom is -0.387 e. The molecule has 72 valence electrons. The highest BCUT2D eigenvalue weighted by Crippen LogP contribution is 2.23. The molecule has 6 atom stereocenters. The van der Waals surface area contributed by atoms with E-state index >= 15 is 0 Å². The van der Waals surface area contributed by atoms with Gasteiger partial charge >= 0.3 is 0 Å². The normalized spacial score (nSPS) is 55.5. The molecule has 0 radical (unpaired) electrons. The SMILES string of the molecule is OC1C(O)C(O)[C@H](O)C([18F])C1O. The average molecular weight is 181 g/mol. The maximum atomic E-state index is 12.7. The predicted molar refractivity (Wildman–Crippen MR) is 34.9 cm³/mol. The predicted octanol–water partition coefficient (Wildman–Crippen LogP) is -2.86. The Kier molecular flexibility index (Phi) is 2.64. The van der Waals surface area contributed by atoms with Crippen molar-refractivity contribution in [3.8, 4) is 0 Å². The van der Waals surface area contributed by atoms with Crippen LogP contribution in [0.1, 0.15) is 0 Å². The van der Waals surface area contributed by atoms with Crippen molar-refractivity contribution < 1.29 is 29.9 Å². The Morgan fingerprint density at radius 2 is 0.833 bits per heavy atom. The minimum absolute atomic E-state index is 1.72. The maximum absolute atomic E-state index is 12.7. The Bertz CT molecular complexity index is 107. The summed E-state index contributed by atoms with van der Waals surface area (Å²) in [5.41, 5.74) is 0. The van der Waals surface area contributed by atoms with Gasteiger partial charge in [0.05, 0.1) is 0 Å². The van der Waals surface area contributed by atoms with Gasteiger partial charge in [0, 0.05) is 0 Å². The summed E-state index contributed by atoms with van der Waals surface area (Å²) in [7, 11) is 0. The lowest BCUT2D eigenvalue weighted by Gasteiger charge is -2.38. The van der Waals surface area contributed by atoms with Crippen LogP contribution in [-0.2, 0) is 0 Å². The molecule has 0 aromatic heterocycles. The molecule has 0 saturated heterocycles. The molecule has 0 aromatic rings. The highest BCUT2D eigenvalue weighted by Gasteiger charge is 2.48. The van der Waals surface area contributed by atoms with E-state index in [1.54, 1.807) is 0 Å². The first-order chi connectivity index (χ1) is 5.46. The van der Waals surface area contributed by atoms with Gasteiger partial charge < -0.3 is 25.5 Å². The summed E-state index contributed by atoms with van der Waals surface area (Å²) in [6.45, 7) is 0. The summed E-state index contributed by atoms with van der Waals surface area (Å²) >= 11 is 0. The topological polar surface area (TPSA) is 101 Å². The monoisotopic (exact) mass is 181 g/mol. The fourth-order valence-corrected chi connectivity index (χ4v) is 1.18. The number of halogens is 1. The van der Waals surface area contributed by atoms with E-state index in [1.165, 1.54) is 0 Å². The maximum Gasteiger partial charge on any atom is 0.157 e. The van der Waals surface area contributed by atoms with Crippen molar-refractivity contribution in [1.82, 2.24) is 0 Å². The second kappa shape index (κ2) is 3.23. The molecule has 0 spiro atoms. The van der Waals surface area contributed by atoms with Crippen LogP contribution in [0.25, 0.3) is 0 Å². The minimum atomic E-state index is -2.14. The summed E-state index contributed by atoms with van der Waals surface area (Å²) in [4.78, 5) is 0. The van der Waals surface area contributed by atoms with E-state index < -0.39 is 36.7 Å². The first-order valence-electron chi connectivity index (χ1n) is 3.51. The Morgan fingerprint density at radius 3 is 1.17 bits per heavy atom. The zero-order chi connectivity index (χ0) is 9.46. The van der Waals surface area contributed by atoms with Gasteiger partial charge in [0.2, 0.25) is 0 Å². The summed E-state index contributed by atoms with van der Waals surface area (Å²) in [6.07, 6.45) is -11.1. The van der Waals surface area contributed by atoms with Gasteiger partial charge in [0.1, 0.15) is 30.5 Å². The lowest BCUT2D eigenvalue weighted by atomic mass is 9.86. The molecule has 0 aliphatic heterocycles. The Hall–Kier alpha value is -0.270. The van der Waals surface area contributed by atoms with Crippen LogP contribution in [0.2, 0.25) is 0 Å². The van der Waals surface area contributed by atoms with Crippen LogP contribution in [0.4, 0.5) is 4.39 Å². The van der Waals surface area contributed by atoms with E-state index in [0.717, 1.165) is 0 Å². The van der Waals surface area contributed by atoms with E-state index in [2.05, 4.69) is 0 Å². The zero-order valence-corrected chi connectivity index (χ0v) is 6.08. The molecule has 5 unspecified atom stereocenters. The number of hydrogen-bond donors (Lipinski definition) is 5. The van der Waals surface area contributed by atoms with Gasteiger partial charge in [-0.25, -0.2) is 4.39 Å². The molecule has 0 heterocycles. The van der Waals surface area contributed by atoms with Crippen LogP contribution in [-0.4, -0.2) is 62.2 Å². The molecule has 1 saturated carbocycles. The molecular formula is C6H11FO5. The Labute approximate surface area is 67.7 Å². The van der Waals surface area contributed by atoms with Crippen molar-refractivity contribution in [3.63, 3.8) is 0 Å². The molecule has 1 aliphatic carbocycles. The highest BCUT2D eigenvalue weighted by molar-refractivity contribution is 4.98. The van der Waals surface area contributed by atoms with Gasteiger partial charge in [-0.1, -0.05) is 0 Å². The molecule has 5 N–H and O–H groups in total. The largest absolute Gasteiger partial charge is 0.387 e. The third-order valence-electron chi connectivity index (χ3n) is 2.05. The van der Waals surface area contributed by atoms with Crippen LogP contribution < -0.4 is 0 Å². The molecule has 0 bridgehead atoms. The number of aliphatic hydroxyl groups excluding tert-OH is 5. The number of alkyl halides is 1. The Morgan fingerprint density at radius 1 is 0.583 bits per heavy atom. The first kappa shape index (κ1) is 9.82. The van der Waals surface area contributed by atoms with Gasteiger partial charge in [-0.3, -0.25) is 0 Å². The third kappa shape index (κ3) is 1.32. The molecule has 0 aromatic carbocycles. The smallest absolute Gasteiger partial charge is 0.157 e. The second-order valence-corrected chi connectivity index (χ2v) is 2.90. The second-order valence-electron chi connectivity index (χ2n) is 2.90. The van der Waals surface area contributed by atoms with Crippen LogP contribution in [0.15, 0.2) is 0 Å². The number of aliphatic hydroxyl groups is 5. The summed E-state index contributed by atoms with van der Waals surface area (Å²) < 4.78 is 12.7. The van der Waals surface area contributed by atoms with Crippen molar-refractivity contribution >= 4 is 0 Å². The summed E-state index contributed by atoms with van der Waals surface area (Å²) in [5, 5.41) is 44.4. The van der Waals surface area contributed by atoms with Crippen molar-refractivity contribution in [3.05, 3.63) is 0 Å². The lowest BCUT2D eigenvalue weighted by molar-refractivity contribution is -0.206. The van der Waals surface area contributed by atoms with E-state index in [9.17, 15) is 4.39 Å². The fraction of sp³-hybridized carbons (Fsp3) is 1.00.